The Balaban J connectivity index is 1.62. The molecule has 9 nitrogen and oxygen atoms in total. The Morgan fingerprint density at radius 3 is 2.40 bits per heavy atom. The number of nitrogens with zero attached hydrogens (tertiary/aromatic N) is 2. The van der Waals surface area contributed by atoms with Gasteiger partial charge in [0.15, 0.2) is 0 Å². The predicted octanol–water partition coefficient (Wildman–Crippen LogP) is 4.18. The SMILES string of the molecule is COC(=O)[C@H](CCC(=O)N1CCC2(CC2)[C@H](O)C1)NCCN(CCC(=O)OC(C)(C)C)c1ccc(C(F)(F)F)c(Cl)c1. The number of β-amino-alcohol motifs (C(OH)–C–C–N with tert-alkyl or cyclic N) is 1. The number of hydrogen-bond acceptors (Lipinski definition) is 8. The van der Waals surface area contributed by atoms with Crippen molar-refractivity contribution in [2.45, 2.75) is 83.2 Å². The molecule has 3 rings (SSSR count). The molecule has 42 heavy (non-hydrogen) atoms. The highest BCUT2D eigenvalue weighted by molar-refractivity contribution is 6.31. The molecule has 2 N–H and O–H groups in total. The van der Waals surface area contributed by atoms with Crippen LogP contribution in [-0.4, -0.2) is 85.4 Å². The summed E-state index contributed by atoms with van der Waals surface area (Å²) in [5, 5.41) is 13.0. The smallest absolute Gasteiger partial charge is 0.417 e. The lowest BCUT2D eigenvalue weighted by Crippen LogP contribution is -2.48. The summed E-state index contributed by atoms with van der Waals surface area (Å²) in [6.45, 7) is 6.58. The van der Waals surface area contributed by atoms with Crippen LogP contribution in [0.4, 0.5) is 18.9 Å². The van der Waals surface area contributed by atoms with Crippen LogP contribution in [0.1, 0.15) is 64.9 Å². The zero-order valence-electron chi connectivity index (χ0n) is 24.6. The van der Waals surface area contributed by atoms with Crippen LogP contribution in [-0.2, 0) is 30.0 Å². The maximum absolute atomic E-state index is 13.2. The summed E-state index contributed by atoms with van der Waals surface area (Å²) in [7, 11) is 1.24. The number of aliphatic hydroxyl groups excluding tert-OH is 1. The Morgan fingerprint density at radius 2 is 1.86 bits per heavy atom. The number of rotatable bonds is 12. The van der Waals surface area contributed by atoms with Crippen LogP contribution < -0.4 is 10.2 Å². The number of aliphatic hydroxyl groups is 1. The molecule has 236 valence electrons. The molecule has 0 radical (unpaired) electrons. The van der Waals surface area contributed by atoms with Gasteiger partial charge in [-0.05, 0) is 70.1 Å². The quantitative estimate of drug-likeness (QED) is 0.336. The van der Waals surface area contributed by atoms with Crippen molar-refractivity contribution in [1.29, 1.82) is 0 Å². The van der Waals surface area contributed by atoms with E-state index in [0.717, 1.165) is 25.3 Å². The zero-order valence-corrected chi connectivity index (χ0v) is 25.3. The number of halogens is 4. The summed E-state index contributed by atoms with van der Waals surface area (Å²) >= 11 is 5.95. The molecule has 1 aliphatic carbocycles. The molecule has 1 saturated carbocycles. The second-order valence-electron chi connectivity index (χ2n) is 12.0. The van der Waals surface area contributed by atoms with E-state index in [-0.39, 0.29) is 56.8 Å². The number of hydrogen-bond donors (Lipinski definition) is 2. The van der Waals surface area contributed by atoms with Crippen LogP contribution in [0, 0.1) is 5.41 Å². The van der Waals surface area contributed by atoms with Gasteiger partial charge in [-0.3, -0.25) is 14.4 Å². The normalized spacial score (nSPS) is 18.9. The van der Waals surface area contributed by atoms with Gasteiger partial charge in [-0.15, -0.1) is 0 Å². The third-order valence-corrected chi connectivity index (χ3v) is 8.07. The van der Waals surface area contributed by atoms with Gasteiger partial charge in [-0.2, -0.15) is 13.2 Å². The van der Waals surface area contributed by atoms with Crippen molar-refractivity contribution in [2.24, 2.45) is 5.41 Å². The van der Waals surface area contributed by atoms with Crippen molar-refractivity contribution >= 4 is 35.1 Å². The molecular weight excluding hydrogens is 579 g/mol. The van der Waals surface area contributed by atoms with Gasteiger partial charge >= 0.3 is 18.1 Å². The number of anilines is 1. The van der Waals surface area contributed by atoms with E-state index in [2.05, 4.69) is 5.32 Å². The molecule has 2 fully saturated rings. The third-order valence-electron chi connectivity index (χ3n) is 7.76. The Kier molecular flexibility index (Phi) is 11.2. The number of carbonyl (C=O) groups excluding carboxylic acids is 3. The van der Waals surface area contributed by atoms with E-state index in [4.69, 9.17) is 21.1 Å². The van der Waals surface area contributed by atoms with E-state index in [1.807, 2.05) is 0 Å². The van der Waals surface area contributed by atoms with E-state index in [9.17, 15) is 32.7 Å². The van der Waals surface area contributed by atoms with Crippen molar-refractivity contribution in [3.05, 3.63) is 28.8 Å². The molecule has 0 unspecified atom stereocenters. The second kappa shape index (κ2) is 13.8. The number of piperidine rings is 1. The molecule has 1 aliphatic heterocycles. The van der Waals surface area contributed by atoms with Gasteiger partial charge in [0.2, 0.25) is 5.91 Å². The number of alkyl halides is 3. The molecule has 13 heteroatoms. The number of nitrogens with one attached hydrogen (secondary N) is 1. The second-order valence-corrected chi connectivity index (χ2v) is 12.4. The Labute approximate surface area is 249 Å². The first kappa shape index (κ1) is 33.9. The fourth-order valence-electron chi connectivity index (χ4n) is 5.15. The van der Waals surface area contributed by atoms with E-state index >= 15 is 0 Å². The molecule has 1 spiro atoms. The highest BCUT2D eigenvalue weighted by atomic mass is 35.5. The molecule has 0 bridgehead atoms. The van der Waals surface area contributed by atoms with Gasteiger partial charge in [-0.1, -0.05) is 11.6 Å². The van der Waals surface area contributed by atoms with E-state index in [1.165, 1.54) is 19.2 Å². The lowest BCUT2D eigenvalue weighted by atomic mass is 9.90. The van der Waals surface area contributed by atoms with Crippen LogP contribution in [0.15, 0.2) is 18.2 Å². The maximum Gasteiger partial charge on any atom is 0.417 e. The zero-order chi connectivity index (χ0) is 31.3. The molecule has 2 aliphatic rings. The predicted molar refractivity (Wildman–Crippen MR) is 151 cm³/mol. The fourth-order valence-corrected chi connectivity index (χ4v) is 5.43. The number of carbonyl (C=O) groups is 3. The summed E-state index contributed by atoms with van der Waals surface area (Å²) in [6, 6.07) is 2.54. The van der Waals surface area contributed by atoms with Crippen LogP contribution in [0.5, 0.6) is 0 Å². The molecule has 2 atom stereocenters. The molecule has 1 amide bonds. The Morgan fingerprint density at radius 1 is 1.17 bits per heavy atom. The average Bonchev–Trinajstić information content (AvgIpc) is 3.67. The van der Waals surface area contributed by atoms with Gasteiger partial charge in [0.05, 0.1) is 30.2 Å². The molecule has 1 aromatic rings. The Hall–Kier alpha value is -2.57. The fraction of sp³-hybridized carbons (Fsp3) is 0.690. The van der Waals surface area contributed by atoms with Crippen molar-refractivity contribution in [3.63, 3.8) is 0 Å². The van der Waals surface area contributed by atoms with E-state index < -0.39 is 46.4 Å². The minimum atomic E-state index is -4.62. The lowest BCUT2D eigenvalue weighted by Gasteiger charge is -2.36. The summed E-state index contributed by atoms with van der Waals surface area (Å²) in [5.74, 6) is -1.19. The maximum atomic E-state index is 13.2. The summed E-state index contributed by atoms with van der Waals surface area (Å²) in [5.41, 5.74) is -1.33. The minimum Gasteiger partial charge on any atom is -0.468 e. The van der Waals surface area contributed by atoms with Crippen molar-refractivity contribution in [2.75, 3.05) is 44.7 Å². The summed E-state index contributed by atoms with van der Waals surface area (Å²) in [4.78, 5) is 40.9. The number of ether oxygens (including phenoxy) is 2. The topological polar surface area (TPSA) is 108 Å². The first-order valence-electron chi connectivity index (χ1n) is 14.2. The number of methoxy groups -OCH3 is 1. The molecule has 1 heterocycles. The monoisotopic (exact) mass is 619 g/mol. The third kappa shape index (κ3) is 9.47. The van der Waals surface area contributed by atoms with Crippen molar-refractivity contribution < 1.29 is 42.1 Å². The van der Waals surface area contributed by atoms with Crippen LogP contribution in [0.25, 0.3) is 0 Å². The standard InChI is InChI=1S/C29H41ClF3N3O6/c1-27(2,3)42-25(39)9-14-35(19-5-6-20(21(30)17-19)29(31,32)33)16-13-34-22(26(40)41-4)7-8-24(38)36-15-12-28(10-11-28)23(37)18-36/h5-6,17,22-23,34,37H,7-16,18H2,1-4H3/t22-,23+/m0/s1. The lowest BCUT2D eigenvalue weighted by molar-refractivity contribution is -0.154. The Bertz CT molecular complexity index is 1120. The minimum absolute atomic E-state index is 0.0282. The van der Waals surface area contributed by atoms with E-state index in [1.54, 1.807) is 30.6 Å². The number of likely N-dealkylation sites (tertiary alicyclic amines) is 1. The van der Waals surface area contributed by atoms with Gasteiger partial charge in [0, 0.05) is 44.8 Å². The summed E-state index contributed by atoms with van der Waals surface area (Å²) < 4.78 is 50.0. The highest BCUT2D eigenvalue weighted by Gasteiger charge is 2.51. The van der Waals surface area contributed by atoms with Crippen molar-refractivity contribution in [1.82, 2.24) is 10.2 Å². The van der Waals surface area contributed by atoms with E-state index in [0.29, 0.717) is 12.2 Å². The van der Waals surface area contributed by atoms with Gasteiger partial charge in [-0.25, -0.2) is 0 Å². The first-order valence-corrected chi connectivity index (χ1v) is 14.5. The number of benzene rings is 1. The van der Waals surface area contributed by atoms with Crippen molar-refractivity contribution in [3.8, 4) is 0 Å². The van der Waals surface area contributed by atoms with Crippen LogP contribution in [0.2, 0.25) is 5.02 Å². The molecular formula is C29H41ClF3N3O6. The first-order chi connectivity index (χ1) is 19.5. The van der Waals surface area contributed by atoms with Gasteiger partial charge in [0.25, 0.3) is 0 Å². The molecule has 0 aromatic heterocycles. The molecule has 1 aromatic carbocycles. The highest BCUT2D eigenvalue weighted by Crippen LogP contribution is 2.53. The number of esters is 2. The number of amides is 1. The average molecular weight is 620 g/mol. The van der Waals surface area contributed by atoms with Crippen LogP contribution in [0.3, 0.4) is 0 Å². The van der Waals surface area contributed by atoms with Gasteiger partial charge in [0.1, 0.15) is 11.6 Å². The van der Waals surface area contributed by atoms with Crippen LogP contribution >= 0.6 is 11.6 Å². The largest absolute Gasteiger partial charge is 0.468 e. The molecule has 1 saturated heterocycles. The summed E-state index contributed by atoms with van der Waals surface area (Å²) in [6.07, 6.45) is -2.21. The van der Waals surface area contributed by atoms with Gasteiger partial charge < -0.3 is 29.7 Å².